The highest BCUT2D eigenvalue weighted by molar-refractivity contribution is 6.30. The second kappa shape index (κ2) is 18.8. The van der Waals surface area contributed by atoms with E-state index in [1.165, 1.54) is 0 Å². The van der Waals surface area contributed by atoms with E-state index in [1.54, 1.807) is 12.1 Å². The zero-order valence-corrected chi connectivity index (χ0v) is 31.3. The third-order valence-electron chi connectivity index (χ3n) is 10.4. The molecule has 0 aromatic heterocycles. The summed E-state index contributed by atoms with van der Waals surface area (Å²) >= 11 is 6.09. The smallest absolute Gasteiger partial charge is 0.224 e. The van der Waals surface area contributed by atoms with Crippen LogP contribution in [0.25, 0.3) is 0 Å². The van der Waals surface area contributed by atoms with Gasteiger partial charge >= 0.3 is 0 Å². The summed E-state index contributed by atoms with van der Waals surface area (Å²) in [5.74, 6) is -0.138. The number of likely N-dealkylation sites (tertiary alicyclic amines) is 1. The molecule has 0 aliphatic carbocycles. The molecule has 54 heavy (non-hydrogen) atoms. The van der Waals surface area contributed by atoms with E-state index in [0.29, 0.717) is 60.7 Å². The highest BCUT2D eigenvalue weighted by atomic mass is 35.5. The van der Waals surface area contributed by atoms with Gasteiger partial charge in [-0.25, -0.2) is 0 Å². The number of amides is 2. The molecule has 10 nitrogen and oxygen atoms in total. The van der Waals surface area contributed by atoms with Gasteiger partial charge in [-0.2, -0.15) is 0 Å². The van der Waals surface area contributed by atoms with E-state index in [4.69, 9.17) is 26.8 Å². The van der Waals surface area contributed by atoms with Gasteiger partial charge in [-0.1, -0.05) is 85.1 Å². The first-order chi connectivity index (χ1) is 26.2. The van der Waals surface area contributed by atoms with E-state index in [1.807, 2.05) is 84.9 Å². The summed E-state index contributed by atoms with van der Waals surface area (Å²) in [4.78, 5) is 27.5. The average Bonchev–Trinajstić information content (AvgIpc) is 3.18. The van der Waals surface area contributed by atoms with Crippen molar-refractivity contribution in [3.63, 3.8) is 0 Å². The number of aliphatic hydroxyl groups is 2. The molecule has 286 valence electrons. The van der Waals surface area contributed by atoms with E-state index in [-0.39, 0.29) is 30.6 Å². The minimum atomic E-state index is -0.890. The highest BCUT2D eigenvalue weighted by Crippen LogP contribution is 2.40. The number of piperidine rings is 1. The van der Waals surface area contributed by atoms with Crippen LogP contribution in [0.2, 0.25) is 5.02 Å². The molecule has 4 aromatic carbocycles. The van der Waals surface area contributed by atoms with Crippen LogP contribution in [-0.2, 0) is 31.3 Å². The quantitative estimate of drug-likeness (QED) is 0.0609. The molecule has 0 saturated carbocycles. The van der Waals surface area contributed by atoms with Crippen LogP contribution in [0.5, 0.6) is 0 Å². The molecule has 2 aliphatic heterocycles. The Labute approximate surface area is 322 Å². The van der Waals surface area contributed by atoms with Gasteiger partial charge in [-0.05, 0) is 78.8 Å². The van der Waals surface area contributed by atoms with Crippen molar-refractivity contribution >= 4 is 40.5 Å². The normalized spacial score (nSPS) is 19.9. The molecule has 11 heteroatoms. The molecule has 6 N–H and O–H groups in total. The zero-order chi connectivity index (χ0) is 37.9. The number of nitrogen functional groups attached to an aromatic ring is 1. The summed E-state index contributed by atoms with van der Waals surface area (Å²) in [7, 11) is 0. The summed E-state index contributed by atoms with van der Waals surface area (Å²) < 4.78 is 13.2. The number of nitrogens with two attached hydrogens (primary N) is 1. The van der Waals surface area contributed by atoms with Crippen molar-refractivity contribution in [2.45, 2.75) is 88.5 Å². The number of carbonyl (C=O) groups is 2. The van der Waals surface area contributed by atoms with Gasteiger partial charge in [-0.15, -0.1) is 0 Å². The number of para-hydroxylation sites is 2. The third-order valence-corrected chi connectivity index (χ3v) is 10.6. The van der Waals surface area contributed by atoms with Gasteiger partial charge in [0.25, 0.3) is 0 Å². The molecule has 3 unspecified atom stereocenters. The predicted molar refractivity (Wildman–Crippen MR) is 212 cm³/mol. The lowest BCUT2D eigenvalue weighted by atomic mass is 9.84. The number of aliphatic hydroxyl groups excluding tert-OH is 1. The van der Waals surface area contributed by atoms with E-state index >= 15 is 0 Å². The molecule has 0 radical (unpaired) electrons. The molecule has 2 amide bonds. The topological polar surface area (TPSA) is 146 Å². The number of ether oxygens (including phenoxy) is 2. The van der Waals surface area contributed by atoms with Crippen molar-refractivity contribution in [3.8, 4) is 0 Å². The van der Waals surface area contributed by atoms with Gasteiger partial charge in [0.05, 0.1) is 35.8 Å². The Balaban J connectivity index is 1.01. The van der Waals surface area contributed by atoms with E-state index < -0.39 is 11.9 Å². The number of halogens is 1. The molecular weight excluding hydrogens is 704 g/mol. The summed E-state index contributed by atoms with van der Waals surface area (Å²) in [5.41, 5.74) is 10.4. The van der Waals surface area contributed by atoms with Crippen LogP contribution < -0.4 is 16.4 Å². The first-order valence-electron chi connectivity index (χ1n) is 18.9. The third kappa shape index (κ3) is 10.9. The number of unbranched alkanes of at least 4 members (excludes halogenated alkanes) is 3. The van der Waals surface area contributed by atoms with Crippen molar-refractivity contribution in [2.24, 2.45) is 0 Å². The summed E-state index contributed by atoms with van der Waals surface area (Å²) in [6, 6.07) is 30.1. The maximum absolute atomic E-state index is 12.9. The van der Waals surface area contributed by atoms with Gasteiger partial charge in [0.15, 0.2) is 6.29 Å². The maximum Gasteiger partial charge on any atom is 0.224 e. The van der Waals surface area contributed by atoms with Crippen molar-refractivity contribution in [1.29, 1.82) is 0 Å². The van der Waals surface area contributed by atoms with Crippen molar-refractivity contribution in [2.75, 3.05) is 36.0 Å². The zero-order valence-electron chi connectivity index (χ0n) is 30.6. The molecule has 3 atom stereocenters. The van der Waals surface area contributed by atoms with Crippen LogP contribution in [0.4, 0.5) is 17.1 Å². The van der Waals surface area contributed by atoms with Crippen molar-refractivity contribution in [3.05, 3.63) is 124 Å². The Morgan fingerprint density at radius 3 is 2.19 bits per heavy atom. The average molecular weight is 755 g/mol. The Kier molecular flexibility index (Phi) is 13.7. The second-order valence-corrected chi connectivity index (χ2v) is 14.8. The number of hydrogen-bond acceptors (Lipinski definition) is 8. The van der Waals surface area contributed by atoms with Crippen LogP contribution in [-0.4, -0.2) is 52.7 Å². The lowest BCUT2D eigenvalue weighted by Gasteiger charge is -2.42. The van der Waals surface area contributed by atoms with Crippen LogP contribution >= 0.6 is 11.6 Å². The van der Waals surface area contributed by atoms with E-state index in [9.17, 15) is 19.8 Å². The van der Waals surface area contributed by atoms with Gasteiger partial charge in [0.1, 0.15) is 0 Å². The fraction of sp³-hybridized carbons (Fsp3) is 0.395. The SMILES string of the molecule is Nc1ccccc1NC(=O)CCCCCCC(=O)Nc1cccc(C2OC(CN3CCC(O)(c4ccc(Cl)cc4)CC3)CC(c3ccc(CO)cc3)O2)c1. The van der Waals surface area contributed by atoms with Gasteiger partial charge in [0.2, 0.25) is 11.8 Å². The van der Waals surface area contributed by atoms with Crippen LogP contribution in [0, 0.1) is 0 Å². The second-order valence-electron chi connectivity index (χ2n) is 14.4. The Morgan fingerprint density at radius 1 is 0.815 bits per heavy atom. The lowest BCUT2D eigenvalue weighted by molar-refractivity contribution is -0.253. The standard InChI is InChI=1S/C43H51ClN4O6/c44-34-20-18-33(19-21-34)43(52)22-24-48(25-23-43)28-36-27-39(31-16-14-30(29-49)15-17-31)54-42(53-36)32-8-7-9-35(26-32)46-40(50)12-3-1-2-4-13-41(51)47-38-11-6-5-10-37(38)45/h5-11,14-21,26,36,39,42,49,52H,1-4,12-13,22-25,27-29,45H2,(H,46,50)(H,47,51). The number of carbonyl (C=O) groups excluding carboxylic acids is 2. The van der Waals surface area contributed by atoms with E-state index in [2.05, 4.69) is 15.5 Å². The Morgan fingerprint density at radius 2 is 1.50 bits per heavy atom. The molecule has 0 spiro atoms. The lowest BCUT2D eigenvalue weighted by Crippen LogP contribution is -2.46. The minimum absolute atomic E-state index is 0.0276. The van der Waals surface area contributed by atoms with Gasteiger partial charge in [-0.3, -0.25) is 9.59 Å². The largest absolute Gasteiger partial charge is 0.397 e. The summed E-state index contributed by atoms with van der Waals surface area (Å²) in [5, 5.41) is 27.6. The monoisotopic (exact) mass is 754 g/mol. The molecule has 2 aliphatic rings. The highest BCUT2D eigenvalue weighted by Gasteiger charge is 2.37. The molecule has 0 bridgehead atoms. The van der Waals surface area contributed by atoms with Crippen molar-refractivity contribution in [1.82, 2.24) is 4.90 Å². The van der Waals surface area contributed by atoms with Crippen molar-refractivity contribution < 1.29 is 29.3 Å². The summed E-state index contributed by atoms with van der Waals surface area (Å²) in [6.07, 6.45) is 4.76. The molecule has 2 saturated heterocycles. The molecule has 6 rings (SSSR count). The first-order valence-corrected chi connectivity index (χ1v) is 19.3. The number of anilines is 3. The number of hydrogen-bond donors (Lipinski definition) is 5. The molecule has 2 fully saturated rings. The number of nitrogens with zero attached hydrogens (tertiary/aromatic N) is 1. The van der Waals surface area contributed by atoms with Crippen LogP contribution in [0.1, 0.15) is 92.4 Å². The Hall–Kier alpha value is -4.29. The number of rotatable bonds is 15. The van der Waals surface area contributed by atoms with Crippen LogP contribution in [0.3, 0.4) is 0 Å². The van der Waals surface area contributed by atoms with Crippen LogP contribution in [0.15, 0.2) is 97.1 Å². The Bertz CT molecular complexity index is 1830. The number of nitrogens with one attached hydrogen (secondary N) is 2. The minimum Gasteiger partial charge on any atom is -0.397 e. The van der Waals surface area contributed by atoms with E-state index in [0.717, 1.165) is 61.0 Å². The molecule has 4 aromatic rings. The molecule has 2 heterocycles. The number of benzene rings is 4. The fourth-order valence-corrected chi connectivity index (χ4v) is 7.34. The first kappa shape index (κ1) is 39.4. The fourth-order valence-electron chi connectivity index (χ4n) is 7.21. The maximum atomic E-state index is 12.9. The summed E-state index contributed by atoms with van der Waals surface area (Å²) in [6.45, 7) is 2.10. The predicted octanol–water partition coefficient (Wildman–Crippen LogP) is 7.86. The van der Waals surface area contributed by atoms with Gasteiger partial charge in [0, 0.05) is 55.2 Å². The molecular formula is C43H51ClN4O6. The van der Waals surface area contributed by atoms with Gasteiger partial charge < -0.3 is 41.0 Å².